The molecule has 8 heteroatoms. The first-order chi connectivity index (χ1) is 9.79. The number of rotatable bonds is 6. The molecule has 3 amide bonds. The maximum atomic E-state index is 11.6. The first-order valence-electron chi connectivity index (χ1n) is 6.39. The Morgan fingerprint density at radius 2 is 1.90 bits per heavy atom. The maximum absolute atomic E-state index is 11.6. The second kappa shape index (κ2) is 7.32. The smallest absolute Gasteiger partial charge is 0.322 e. The highest BCUT2D eigenvalue weighted by atomic mass is 16.4. The Labute approximate surface area is 121 Å². The van der Waals surface area contributed by atoms with Crippen molar-refractivity contribution in [1.29, 1.82) is 0 Å². The summed E-state index contributed by atoms with van der Waals surface area (Å²) < 4.78 is 5.38. The fraction of sp³-hybridized carbons (Fsp3) is 0.462. The highest BCUT2D eigenvalue weighted by Gasteiger charge is 2.15. The first-order valence-corrected chi connectivity index (χ1v) is 6.39. The predicted octanol–water partition coefficient (Wildman–Crippen LogP) is 0.457. The van der Waals surface area contributed by atoms with Crippen LogP contribution in [0.25, 0.3) is 0 Å². The van der Waals surface area contributed by atoms with Gasteiger partial charge in [0.05, 0.1) is 12.6 Å². The van der Waals surface area contributed by atoms with E-state index < -0.39 is 24.5 Å². The van der Waals surface area contributed by atoms with E-state index in [-0.39, 0.29) is 12.6 Å². The normalized spacial score (nSPS) is 11.6. The van der Waals surface area contributed by atoms with E-state index in [0.717, 1.165) is 17.1 Å². The van der Waals surface area contributed by atoms with Gasteiger partial charge < -0.3 is 25.5 Å². The number of furan rings is 1. The molecule has 1 rings (SSSR count). The van der Waals surface area contributed by atoms with E-state index in [1.54, 1.807) is 13.8 Å². The summed E-state index contributed by atoms with van der Waals surface area (Å²) in [7, 11) is 0. The van der Waals surface area contributed by atoms with E-state index in [4.69, 9.17) is 9.52 Å². The topological polar surface area (TPSA) is 121 Å². The molecule has 1 aromatic heterocycles. The highest BCUT2D eigenvalue weighted by Crippen LogP contribution is 2.20. The van der Waals surface area contributed by atoms with Crippen LogP contribution in [0.15, 0.2) is 10.5 Å². The summed E-state index contributed by atoms with van der Waals surface area (Å²) in [4.78, 5) is 33.1. The molecule has 0 radical (unpaired) electrons. The molecule has 1 aromatic rings. The van der Waals surface area contributed by atoms with Gasteiger partial charge in [0.2, 0.25) is 5.91 Å². The van der Waals surface area contributed by atoms with Crippen molar-refractivity contribution in [1.82, 2.24) is 16.0 Å². The van der Waals surface area contributed by atoms with Gasteiger partial charge in [-0.3, -0.25) is 9.59 Å². The highest BCUT2D eigenvalue weighted by molar-refractivity contribution is 5.86. The predicted molar refractivity (Wildman–Crippen MR) is 73.8 cm³/mol. The minimum absolute atomic E-state index is 0.274. The number of hydrogen-bond acceptors (Lipinski definition) is 4. The second-order valence-corrected chi connectivity index (χ2v) is 4.59. The van der Waals surface area contributed by atoms with Crippen molar-refractivity contribution in [3.05, 3.63) is 23.2 Å². The molecule has 0 saturated heterocycles. The number of aryl methyl sites for hydroxylation is 2. The summed E-state index contributed by atoms with van der Waals surface area (Å²) in [6.07, 6.45) is 0. The zero-order valence-corrected chi connectivity index (χ0v) is 12.1. The quantitative estimate of drug-likeness (QED) is 0.608. The van der Waals surface area contributed by atoms with Crippen molar-refractivity contribution >= 4 is 17.9 Å². The monoisotopic (exact) mass is 297 g/mol. The number of carbonyl (C=O) groups excluding carboxylic acids is 2. The fourth-order valence-electron chi connectivity index (χ4n) is 1.80. The molecule has 0 bridgehead atoms. The van der Waals surface area contributed by atoms with Gasteiger partial charge in [-0.2, -0.15) is 0 Å². The molecule has 0 spiro atoms. The lowest BCUT2D eigenvalue weighted by Gasteiger charge is -2.14. The zero-order valence-electron chi connectivity index (χ0n) is 12.1. The summed E-state index contributed by atoms with van der Waals surface area (Å²) in [5.41, 5.74) is 0.859. The molecule has 0 aliphatic rings. The van der Waals surface area contributed by atoms with Gasteiger partial charge in [-0.1, -0.05) is 0 Å². The average Bonchev–Trinajstić information content (AvgIpc) is 2.73. The van der Waals surface area contributed by atoms with Crippen LogP contribution in [0.2, 0.25) is 0 Å². The number of amides is 3. The average molecular weight is 297 g/mol. The van der Waals surface area contributed by atoms with Gasteiger partial charge in [0.1, 0.15) is 18.1 Å². The first kappa shape index (κ1) is 16.5. The Balaban J connectivity index is 2.38. The maximum Gasteiger partial charge on any atom is 0.322 e. The molecule has 21 heavy (non-hydrogen) atoms. The Morgan fingerprint density at radius 1 is 1.24 bits per heavy atom. The number of aliphatic carboxylic acids is 1. The molecule has 0 aliphatic heterocycles. The number of urea groups is 1. The molecular formula is C13H19N3O5. The lowest BCUT2D eigenvalue weighted by atomic mass is 10.1. The van der Waals surface area contributed by atoms with Crippen LogP contribution in [0.4, 0.5) is 4.79 Å². The third-order valence-electron chi connectivity index (χ3n) is 2.74. The van der Waals surface area contributed by atoms with Gasteiger partial charge in [0.25, 0.3) is 0 Å². The minimum atomic E-state index is -1.15. The summed E-state index contributed by atoms with van der Waals surface area (Å²) in [5, 5.41) is 15.5. The van der Waals surface area contributed by atoms with Crippen LogP contribution in [-0.2, 0) is 9.59 Å². The molecule has 1 heterocycles. The fourth-order valence-corrected chi connectivity index (χ4v) is 1.80. The molecule has 1 unspecified atom stereocenters. The van der Waals surface area contributed by atoms with Gasteiger partial charge in [0.15, 0.2) is 0 Å². The van der Waals surface area contributed by atoms with E-state index in [1.807, 2.05) is 13.0 Å². The Kier molecular flexibility index (Phi) is 5.77. The van der Waals surface area contributed by atoms with E-state index in [9.17, 15) is 14.4 Å². The molecule has 0 saturated carbocycles. The Hall–Kier alpha value is -2.51. The van der Waals surface area contributed by atoms with Gasteiger partial charge in [-0.05, 0) is 26.8 Å². The van der Waals surface area contributed by atoms with Gasteiger partial charge >= 0.3 is 12.0 Å². The standard InChI is InChI=1S/C13H19N3O5/c1-7-4-10(9(3)21-7)8(2)16-13(20)15-5-11(17)14-6-12(18)19/h4,8H,5-6H2,1-3H3,(H,14,17)(H,18,19)(H2,15,16,20). The number of carboxylic acids is 1. The number of carboxylic acid groups (broad SMARTS) is 1. The Bertz CT molecular complexity index is 538. The van der Waals surface area contributed by atoms with E-state index in [0.29, 0.717) is 0 Å². The Morgan fingerprint density at radius 3 is 2.43 bits per heavy atom. The minimum Gasteiger partial charge on any atom is -0.480 e. The zero-order chi connectivity index (χ0) is 16.0. The summed E-state index contributed by atoms with van der Waals surface area (Å²) in [6.45, 7) is 4.64. The summed E-state index contributed by atoms with van der Waals surface area (Å²) >= 11 is 0. The van der Waals surface area contributed by atoms with Crippen LogP contribution < -0.4 is 16.0 Å². The SMILES string of the molecule is Cc1cc(C(C)NC(=O)NCC(=O)NCC(=O)O)c(C)o1. The van der Waals surface area contributed by atoms with Crippen LogP contribution in [0, 0.1) is 13.8 Å². The lowest BCUT2D eigenvalue weighted by molar-refractivity contribution is -0.137. The lowest BCUT2D eigenvalue weighted by Crippen LogP contribution is -2.43. The van der Waals surface area contributed by atoms with Crippen molar-refractivity contribution < 1.29 is 23.9 Å². The van der Waals surface area contributed by atoms with Gasteiger partial charge in [0, 0.05) is 5.56 Å². The molecule has 0 aliphatic carbocycles. The van der Waals surface area contributed by atoms with Crippen molar-refractivity contribution in [3.8, 4) is 0 Å². The van der Waals surface area contributed by atoms with E-state index >= 15 is 0 Å². The van der Waals surface area contributed by atoms with Crippen LogP contribution >= 0.6 is 0 Å². The van der Waals surface area contributed by atoms with E-state index in [2.05, 4.69) is 16.0 Å². The number of nitrogens with one attached hydrogen (secondary N) is 3. The third kappa shape index (κ3) is 5.55. The largest absolute Gasteiger partial charge is 0.480 e. The summed E-state index contributed by atoms with van der Waals surface area (Å²) in [5.74, 6) is -0.244. The molecule has 1 atom stereocenters. The molecule has 4 N–H and O–H groups in total. The van der Waals surface area contributed by atoms with Crippen LogP contribution in [0.5, 0.6) is 0 Å². The van der Waals surface area contributed by atoms with Gasteiger partial charge in [-0.25, -0.2) is 4.79 Å². The van der Waals surface area contributed by atoms with Crippen molar-refractivity contribution in [3.63, 3.8) is 0 Å². The second-order valence-electron chi connectivity index (χ2n) is 4.59. The van der Waals surface area contributed by atoms with Gasteiger partial charge in [-0.15, -0.1) is 0 Å². The third-order valence-corrected chi connectivity index (χ3v) is 2.74. The van der Waals surface area contributed by atoms with Crippen LogP contribution in [-0.4, -0.2) is 36.1 Å². The molecule has 0 aromatic carbocycles. The number of hydrogen-bond donors (Lipinski definition) is 4. The van der Waals surface area contributed by atoms with Crippen LogP contribution in [0.1, 0.15) is 30.0 Å². The molecule has 8 nitrogen and oxygen atoms in total. The van der Waals surface area contributed by atoms with E-state index in [1.165, 1.54) is 0 Å². The van der Waals surface area contributed by atoms with Crippen LogP contribution in [0.3, 0.4) is 0 Å². The molecular weight excluding hydrogens is 278 g/mol. The van der Waals surface area contributed by atoms with Crippen molar-refractivity contribution in [2.75, 3.05) is 13.1 Å². The summed E-state index contributed by atoms with van der Waals surface area (Å²) in [6, 6.07) is 1.04. The number of carbonyl (C=O) groups is 3. The molecule has 116 valence electrons. The van der Waals surface area contributed by atoms with Crippen molar-refractivity contribution in [2.45, 2.75) is 26.8 Å². The van der Waals surface area contributed by atoms with Crippen molar-refractivity contribution in [2.24, 2.45) is 0 Å². The molecule has 0 fully saturated rings.